The van der Waals surface area contributed by atoms with Crippen molar-refractivity contribution in [3.05, 3.63) is 100 Å². The lowest BCUT2D eigenvalue weighted by molar-refractivity contribution is -0.384. The molecule has 31 heavy (non-hydrogen) atoms. The standard InChI is InChI=1S/C23H22N2O5.ClH/c1-29-21-12-10-19(11-13-21)24-22(15-18-8-5-9-20(14-18)25(27)28)23(26)30-16-17-6-3-2-4-7-17;/h2-14,22,24H,15-16H2,1H3;1H/t22-;/m0./s1. The molecule has 0 unspecified atom stereocenters. The maximum atomic E-state index is 12.8. The topological polar surface area (TPSA) is 90.7 Å². The molecule has 0 saturated heterocycles. The third-order valence-electron chi connectivity index (χ3n) is 4.50. The van der Waals surface area contributed by atoms with Crippen molar-refractivity contribution >= 4 is 29.8 Å². The van der Waals surface area contributed by atoms with E-state index in [4.69, 9.17) is 9.47 Å². The average molecular weight is 443 g/mol. The van der Waals surface area contributed by atoms with Gasteiger partial charge in [0.05, 0.1) is 12.0 Å². The Kier molecular flexibility index (Phi) is 8.84. The number of halogens is 1. The third kappa shape index (κ3) is 7.01. The predicted molar refractivity (Wildman–Crippen MR) is 121 cm³/mol. The number of methoxy groups -OCH3 is 1. The molecule has 0 aliphatic heterocycles. The van der Waals surface area contributed by atoms with Gasteiger partial charge in [-0.3, -0.25) is 10.1 Å². The van der Waals surface area contributed by atoms with Gasteiger partial charge >= 0.3 is 5.97 Å². The summed E-state index contributed by atoms with van der Waals surface area (Å²) in [5, 5.41) is 14.2. The average Bonchev–Trinajstić information content (AvgIpc) is 2.78. The molecule has 1 atom stereocenters. The van der Waals surface area contributed by atoms with Crippen molar-refractivity contribution in [2.75, 3.05) is 12.4 Å². The number of carbonyl (C=O) groups is 1. The van der Waals surface area contributed by atoms with E-state index in [1.54, 1.807) is 43.5 Å². The van der Waals surface area contributed by atoms with Gasteiger partial charge in [0, 0.05) is 24.2 Å². The number of non-ortho nitro benzene ring substituents is 1. The van der Waals surface area contributed by atoms with E-state index in [2.05, 4.69) is 5.32 Å². The van der Waals surface area contributed by atoms with Crippen molar-refractivity contribution in [3.63, 3.8) is 0 Å². The van der Waals surface area contributed by atoms with Crippen molar-refractivity contribution < 1.29 is 19.2 Å². The molecule has 3 aromatic carbocycles. The van der Waals surface area contributed by atoms with E-state index >= 15 is 0 Å². The minimum absolute atomic E-state index is 0. The van der Waals surface area contributed by atoms with Crippen molar-refractivity contribution in [1.82, 2.24) is 0 Å². The van der Waals surface area contributed by atoms with Crippen LogP contribution in [0, 0.1) is 10.1 Å². The van der Waals surface area contributed by atoms with E-state index in [0.717, 1.165) is 5.56 Å². The van der Waals surface area contributed by atoms with Crippen LogP contribution in [-0.2, 0) is 22.6 Å². The fraction of sp³-hybridized carbons (Fsp3) is 0.174. The fourth-order valence-corrected chi connectivity index (χ4v) is 2.94. The predicted octanol–water partition coefficient (Wildman–Crippen LogP) is 4.79. The minimum Gasteiger partial charge on any atom is -0.497 e. The Bertz CT molecular complexity index is 996. The number of carbonyl (C=O) groups excluding carboxylic acids is 1. The second-order valence-electron chi connectivity index (χ2n) is 6.65. The number of nitrogens with zero attached hydrogens (tertiary/aromatic N) is 1. The number of benzene rings is 3. The van der Waals surface area contributed by atoms with Gasteiger partial charge < -0.3 is 14.8 Å². The lowest BCUT2D eigenvalue weighted by Gasteiger charge is -2.19. The van der Waals surface area contributed by atoms with Gasteiger partial charge in [-0.1, -0.05) is 42.5 Å². The Hall–Kier alpha value is -3.58. The molecule has 0 aliphatic carbocycles. The molecule has 3 aromatic rings. The Labute approximate surface area is 186 Å². The molecule has 0 radical (unpaired) electrons. The molecular weight excluding hydrogens is 420 g/mol. The lowest BCUT2D eigenvalue weighted by Crippen LogP contribution is -2.33. The number of nitrogens with one attached hydrogen (secondary N) is 1. The maximum Gasteiger partial charge on any atom is 0.329 e. The van der Waals surface area contributed by atoms with Crippen LogP contribution in [0.3, 0.4) is 0 Å². The minimum atomic E-state index is -0.718. The summed E-state index contributed by atoms with van der Waals surface area (Å²) in [6.07, 6.45) is 0.237. The summed E-state index contributed by atoms with van der Waals surface area (Å²) in [5.74, 6) is 0.253. The van der Waals surface area contributed by atoms with E-state index in [1.807, 2.05) is 30.3 Å². The zero-order chi connectivity index (χ0) is 21.3. The first-order valence-corrected chi connectivity index (χ1v) is 9.39. The number of anilines is 1. The fourth-order valence-electron chi connectivity index (χ4n) is 2.94. The monoisotopic (exact) mass is 442 g/mol. The Morgan fingerprint density at radius 2 is 1.68 bits per heavy atom. The molecule has 0 spiro atoms. The molecule has 0 amide bonds. The van der Waals surface area contributed by atoms with Gasteiger partial charge in [0.1, 0.15) is 18.4 Å². The summed E-state index contributed by atoms with van der Waals surface area (Å²) < 4.78 is 10.7. The van der Waals surface area contributed by atoms with Crippen LogP contribution in [0.2, 0.25) is 0 Å². The molecule has 0 heterocycles. The van der Waals surface area contributed by atoms with Crippen LogP contribution in [0.25, 0.3) is 0 Å². The molecule has 0 bridgehead atoms. The normalized spacial score (nSPS) is 11.0. The van der Waals surface area contributed by atoms with Crippen LogP contribution in [0.5, 0.6) is 5.75 Å². The van der Waals surface area contributed by atoms with Crippen molar-refractivity contribution in [3.8, 4) is 5.75 Å². The molecule has 0 aromatic heterocycles. The van der Waals surface area contributed by atoms with Crippen molar-refractivity contribution in [2.45, 2.75) is 19.1 Å². The molecule has 0 fully saturated rings. The van der Waals surface area contributed by atoms with Gasteiger partial charge in [-0.25, -0.2) is 4.79 Å². The highest BCUT2D eigenvalue weighted by molar-refractivity contribution is 5.85. The number of esters is 1. The Morgan fingerprint density at radius 3 is 2.32 bits per heavy atom. The largest absolute Gasteiger partial charge is 0.497 e. The van der Waals surface area contributed by atoms with Crippen LogP contribution in [-0.4, -0.2) is 24.0 Å². The molecule has 8 heteroatoms. The van der Waals surface area contributed by atoms with Crippen LogP contribution in [0.4, 0.5) is 11.4 Å². The molecule has 0 saturated carbocycles. The number of ether oxygens (including phenoxy) is 2. The third-order valence-corrected chi connectivity index (χ3v) is 4.50. The van der Waals surface area contributed by atoms with Crippen LogP contribution >= 0.6 is 12.4 Å². The number of hydrogen-bond donors (Lipinski definition) is 1. The smallest absolute Gasteiger partial charge is 0.329 e. The maximum absolute atomic E-state index is 12.8. The van der Waals surface area contributed by atoms with Crippen LogP contribution in [0.1, 0.15) is 11.1 Å². The van der Waals surface area contributed by atoms with Crippen molar-refractivity contribution in [2.24, 2.45) is 0 Å². The summed E-state index contributed by atoms with van der Waals surface area (Å²) in [5.41, 5.74) is 2.23. The van der Waals surface area contributed by atoms with Gasteiger partial charge in [0.2, 0.25) is 0 Å². The van der Waals surface area contributed by atoms with Gasteiger partial charge in [0.25, 0.3) is 5.69 Å². The number of rotatable bonds is 9. The molecule has 7 nitrogen and oxygen atoms in total. The zero-order valence-electron chi connectivity index (χ0n) is 16.9. The summed E-state index contributed by atoms with van der Waals surface area (Å²) in [6, 6.07) is 22.1. The summed E-state index contributed by atoms with van der Waals surface area (Å²) in [7, 11) is 1.58. The first-order chi connectivity index (χ1) is 14.5. The second-order valence-corrected chi connectivity index (χ2v) is 6.65. The summed E-state index contributed by atoms with van der Waals surface area (Å²) in [4.78, 5) is 23.4. The zero-order valence-corrected chi connectivity index (χ0v) is 17.7. The van der Waals surface area contributed by atoms with Gasteiger partial charge in [-0.2, -0.15) is 0 Å². The summed E-state index contributed by atoms with van der Waals surface area (Å²) >= 11 is 0. The van der Waals surface area contributed by atoms with E-state index in [0.29, 0.717) is 17.0 Å². The quantitative estimate of drug-likeness (QED) is 0.291. The molecule has 0 aliphatic rings. The highest BCUT2D eigenvalue weighted by atomic mass is 35.5. The Balaban J connectivity index is 0.00000341. The SMILES string of the molecule is COc1ccc(N[C@@H](Cc2cccc([N+](=O)[O-])c2)C(=O)OCc2ccccc2)cc1.Cl. The Morgan fingerprint density at radius 1 is 1.00 bits per heavy atom. The van der Waals surface area contributed by atoms with Crippen LogP contribution < -0.4 is 10.1 Å². The highest BCUT2D eigenvalue weighted by Gasteiger charge is 2.22. The number of hydrogen-bond acceptors (Lipinski definition) is 6. The lowest BCUT2D eigenvalue weighted by atomic mass is 10.0. The van der Waals surface area contributed by atoms with Crippen molar-refractivity contribution in [1.29, 1.82) is 0 Å². The first kappa shape index (κ1) is 23.7. The number of nitro benzene ring substituents is 1. The van der Waals surface area contributed by atoms with E-state index in [-0.39, 0.29) is 31.1 Å². The van der Waals surface area contributed by atoms with Gasteiger partial charge in [0.15, 0.2) is 0 Å². The van der Waals surface area contributed by atoms with Crippen LogP contribution in [0.15, 0.2) is 78.9 Å². The molecule has 1 N–H and O–H groups in total. The molecule has 3 rings (SSSR count). The summed E-state index contributed by atoms with van der Waals surface area (Å²) in [6.45, 7) is 0.148. The van der Waals surface area contributed by atoms with E-state index < -0.39 is 16.9 Å². The van der Waals surface area contributed by atoms with Gasteiger partial charge in [-0.15, -0.1) is 12.4 Å². The molecular formula is C23H23ClN2O5. The van der Waals surface area contributed by atoms with E-state index in [9.17, 15) is 14.9 Å². The first-order valence-electron chi connectivity index (χ1n) is 9.39. The number of nitro groups is 1. The van der Waals surface area contributed by atoms with E-state index in [1.165, 1.54) is 12.1 Å². The molecule has 162 valence electrons. The van der Waals surface area contributed by atoms with Gasteiger partial charge in [-0.05, 0) is 35.4 Å². The second kappa shape index (κ2) is 11.6. The highest BCUT2D eigenvalue weighted by Crippen LogP contribution is 2.20.